The highest BCUT2D eigenvalue weighted by Gasteiger charge is 2.52. The lowest BCUT2D eigenvalue weighted by Gasteiger charge is -2.39. The fourth-order valence-corrected chi connectivity index (χ4v) is 3.05. The molecule has 0 aromatic carbocycles. The molecule has 5 nitrogen and oxygen atoms in total. The zero-order chi connectivity index (χ0) is 13.7. The maximum absolute atomic E-state index is 12.2. The van der Waals surface area contributed by atoms with E-state index in [4.69, 9.17) is 0 Å². The molecule has 5 heteroatoms. The number of likely N-dealkylation sites (tertiary alicyclic amines) is 1. The fraction of sp³-hybridized carbons (Fsp3) is 0.769. The first-order valence-electron chi connectivity index (χ1n) is 6.33. The van der Waals surface area contributed by atoms with Crippen molar-refractivity contribution in [3.63, 3.8) is 0 Å². The molecule has 1 aliphatic heterocycles. The number of hydrogen-bond donors (Lipinski definition) is 1. The largest absolute Gasteiger partial charge is 0.480 e. The molecule has 2 bridgehead atoms. The van der Waals surface area contributed by atoms with Gasteiger partial charge < -0.3 is 5.11 Å². The predicted octanol–water partition coefficient (Wildman–Crippen LogP) is 1.27. The van der Waals surface area contributed by atoms with Crippen molar-refractivity contribution in [2.75, 3.05) is 0 Å². The minimum absolute atomic E-state index is 0.156. The third kappa shape index (κ3) is 1.91. The molecule has 1 saturated carbocycles. The molecule has 1 N–H and O–H groups in total. The van der Waals surface area contributed by atoms with Crippen LogP contribution < -0.4 is 0 Å². The van der Waals surface area contributed by atoms with E-state index in [9.17, 15) is 19.5 Å². The van der Waals surface area contributed by atoms with Gasteiger partial charge in [-0.2, -0.15) is 0 Å². The number of hydrogen-bond acceptors (Lipinski definition) is 3. The number of carboxylic acid groups (broad SMARTS) is 1. The van der Waals surface area contributed by atoms with Crippen LogP contribution in [0.25, 0.3) is 0 Å². The SMILES string of the molecule is CC(C)(C)C(C(=O)O)N1C(=O)C2CCC(C2)C1=O. The first-order chi connectivity index (χ1) is 8.23. The lowest BCUT2D eigenvalue weighted by atomic mass is 9.83. The van der Waals surface area contributed by atoms with Crippen LogP contribution in [0.4, 0.5) is 0 Å². The highest BCUT2D eigenvalue weighted by Crippen LogP contribution is 2.41. The summed E-state index contributed by atoms with van der Waals surface area (Å²) in [5, 5.41) is 9.34. The fourth-order valence-electron chi connectivity index (χ4n) is 3.05. The third-order valence-corrected chi connectivity index (χ3v) is 3.92. The summed E-state index contributed by atoms with van der Waals surface area (Å²) in [5.41, 5.74) is -0.659. The zero-order valence-corrected chi connectivity index (χ0v) is 11.0. The summed E-state index contributed by atoms with van der Waals surface area (Å²) in [6.07, 6.45) is 2.02. The Bertz CT molecular complexity index is 388. The Morgan fingerprint density at radius 3 is 2.00 bits per heavy atom. The van der Waals surface area contributed by atoms with Crippen molar-refractivity contribution in [1.29, 1.82) is 0 Å². The van der Waals surface area contributed by atoms with Crippen molar-refractivity contribution in [2.24, 2.45) is 17.3 Å². The summed E-state index contributed by atoms with van der Waals surface area (Å²) in [7, 11) is 0. The van der Waals surface area contributed by atoms with Gasteiger partial charge in [0.05, 0.1) is 0 Å². The summed E-state index contributed by atoms with van der Waals surface area (Å²) in [4.78, 5) is 36.9. The number of nitrogens with zero attached hydrogens (tertiary/aromatic N) is 1. The lowest BCUT2D eigenvalue weighted by Crippen LogP contribution is -2.58. The first-order valence-corrected chi connectivity index (χ1v) is 6.33. The Morgan fingerprint density at radius 1 is 1.22 bits per heavy atom. The highest BCUT2D eigenvalue weighted by molar-refractivity contribution is 6.04. The predicted molar refractivity (Wildman–Crippen MR) is 63.6 cm³/mol. The van der Waals surface area contributed by atoms with Gasteiger partial charge in [0, 0.05) is 11.8 Å². The molecule has 3 unspecified atom stereocenters. The van der Waals surface area contributed by atoms with Crippen LogP contribution in [0, 0.1) is 17.3 Å². The van der Waals surface area contributed by atoms with E-state index in [-0.39, 0.29) is 23.7 Å². The van der Waals surface area contributed by atoms with E-state index in [2.05, 4.69) is 0 Å². The van der Waals surface area contributed by atoms with Crippen LogP contribution in [0.2, 0.25) is 0 Å². The van der Waals surface area contributed by atoms with Gasteiger partial charge >= 0.3 is 5.97 Å². The van der Waals surface area contributed by atoms with Crippen LogP contribution in [0.5, 0.6) is 0 Å². The monoisotopic (exact) mass is 253 g/mol. The average molecular weight is 253 g/mol. The molecule has 18 heavy (non-hydrogen) atoms. The summed E-state index contributed by atoms with van der Waals surface area (Å²) in [6.45, 7) is 5.22. The van der Waals surface area contributed by atoms with E-state index in [0.717, 1.165) is 4.90 Å². The number of carboxylic acids is 1. The van der Waals surface area contributed by atoms with Crippen LogP contribution >= 0.6 is 0 Å². The van der Waals surface area contributed by atoms with Crippen LogP contribution in [0.3, 0.4) is 0 Å². The number of rotatable bonds is 2. The quantitative estimate of drug-likeness (QED) is 0.752. The second-order valence-electron chi connectivity index (χ2n) is 6.36. The maximum Gasteiger partial charge on any atom is 0.327 e. The lowest BCUT2D eigenvalue weighted by molar-refractivity contribution is -0.168. The van der Waals surface area contributed by atoms with E-state index in [1.807, 2.05) is 0 Å². The maximum atomic E-state index is 12.2. The molecule has 2 fully saturated rings. The van der Waals surface area contributed by atoms with E-state index >= 15 is 0 Å². The smallest absolute Gasteiger partial charge is 0.327 e. The minimum Gasteiger partial charge on any atom is -0.480 e. The molecule has 1 aliphatic carbocycles. The van der Waals surface area contributed by atoms with Gasteiger partial charge in [0.25, 0.3) is 0 Å². The Balaban J connectivity index is 2.38. The first kappa shape index (κ1) is 13.1. The second-order valence-corrected chi connectivity index (χ2v) is 6.36. The van der Waals surface area contributed by atoms with Gasteiger partial charge in [-0.25, -0.2) is 4.79 Å². The van der Waals surface area contributed by atoms with E-state index in [1.54, 1.807) is 20.8 Å². The standard InChI is InChI=1S/C13H19NO4/c1-13(2,3)9(12(17)18)14-10(15)7-4-5-8(6-7)11(14)16/h7-9H,4-6H2,1-3H3,(H,17,18). The number of amides is 2. The van der Waals surface area contributed by atoms with Crippen molar-refractivity contribution in [3.8, 4) is 0 Å². The molecule has 0 aromatic heterocycles. The van der Waals surface area contributed by atoms with Crippen LogP contribution in [-0.4, -0.2) is 33.8 Å². The average Bonchev–Trinajstić information content (AvgIpc) is 2.65. The number of carbonyl (C=O) groups is 3. The van der Waals surface area contributed by atoms with Gasteiger partial charge in [0.2, 0.25) is 11.8 Å². The molecule has 0 aromatic rings. The van der Waals surface area contributed by atoms with Crippen molar-refractivity contribution >= 4 is 17.8 Å². The summed E-state index contributed by atoms with van der Waals surface area (Å²) in [6, 6.07) is -1.07. The molecule has 1 heterocycles. The number of piperidine rings is 1. The van der Waals surface area contributed by atoms with Crippen molar-refractivity contribution in [3.05, 3.63) is 0 Å². The molecule has 100 valence electrons. The van der Waals surface area contributed by atoms with Gasteiger partial charge in [0.15, 0.2) is 0 Å². The van der Waals surface area contributed by atoms with Crippen LogP contribution in [0.1, 0.15) is 40.0 Å². The molecule has 2 aliphatic rings. The Kier molecular flexibility index (Phi) is 2.95. The Hall–Kier alpha value is -1.39. The van der Waals surface area contributed by atoms with Crippen LogP contribution in [0.15, 0.2) is 0 Å². The number of fused-ring (bicyclic) bond motifs is 2. The Morgan fingerprint density at radius 2 is 1.67 bits per heavy atom. The van der Waals surface area contributed by atoms with Gasteiger partial charge in [-0.3, -0.25) is 14.5 Å². The molecule has 3 atom stereocenters. The number of aliphatic carboxylic acids is 1. The van der Waals surface area contributed by atoms with Crippen LogP contribution in [-0.2, 0) is 14.4 Å². The second kappa shape index (κ2) is 4.07. The van der Waals surface area contributed by atoms with E-state index < -0.39 is 17.4 Å². The molecule has 1 saturated heterocycles. The van der Waals surface area contributed by atoms with Gasteiger partial charge in [0.1, 0.15) is 6.04 Å². The highest BCUT2D eigenvalue weighted by atomic mass is 16.4. The molecule has 0 radical (unpaired) electrons. The molecule has 2 amide bonds. The third-order valence-electron chi connectivity index (χ3n) is 3.92. The summed E-state index contributed by atoms with van der Waals surface area (Å²) in [5.74, 6) is -2.01. The minimum atomic E-state index is -1.11. The van der Waals surface area contributed by atoms with Gasteiger partial charge in [-0.1, -0.05) is 20.8 Å². The molecular formula is C13H19NO4. The summed E-state index contributed by atoms with van der Waals surface area (Å²) >= 11 is 0. The topological polar surface area (TPSA) is 74.7 Å². The van der Waals surface area contributed by atoms with Crippen molar-refractivity contribution in [1.82, 2.24) is 4.90 Å². The number of carbonyl (C=O) groups excluding carboxylic acids is 2. The van der Waals surface area contributed by atoms with E-state index in [1.165, 1.54) is 0 Å². The van der Waals surface area contributed by atoms with Gasteiger partial charge in [-0.15, -0.1) is 0 Å². The van der Waals surface area contributed by atoms with Gasteiger partial charge in [-0.05, 0) is 24.7 Å². The molecule has 0 spiro atoms. The molecular weight excluding hydrogens is 234 g/mol. The molecule has 2 rings (SSSR count). The summed E-state index contributed by atoms with van der Waals surface area (Å²) < 4.78 is 0. The van der Waals surface area contributed by atoms with E-state index in [0.29, 0.717) is 19.3 Å². The van der Waals surface area contributed by atoms with Crippen molar-refractivity contribution in [2.45, 2.75) is 46.1 Å². The zero-order valence-electron chi connectivity index (χ0n) is 11.0. The van der Waals surface area contributed by atoms with Crippen molar-refractivity contribution < 1.29 is 19.5 Å². The Labute approximate surface area is 106 Å². The number of imide groups is 1. The normalized spacial score (nSPS) is 29.6.